The van der Waals surface area contributed by atoms with Crippen LogP contribution in [0, 0.1) is 0 Å². The minimum atomic E-state index is -0.358. The van der Waals surface area contributed by atoms with E-state index >= 15 is 0 Å². The Morgan fingerprint density at radius 2 is 1.83 bits per heavy atom. The van der Waals surface area contributed by atoms with Crippen molar-refractivity contribution in [2.75, 3.05) is 27.4 Å². The Kier molecular flexibility index (Phi) is 10.2. The van der Waals surface area contributed by atoms with Gasteiger partial charge in [0.15, 0.2) is 6.29 Å². The van der Waals surface area contributed by atoms with E-state index in [1.54, 1.807) is 14.2 Å². The lowest BCUT2D eigenvalue weighted by Gasteiger charge is -2.14. The van der Waals surface area contributed by atoms with Crippen LogP contribution in [0.15, 0.2) is 59.1 Å². The molecule has 0 aliphatic carbocycles. The SMILES string of the molecule is C\C=C/C(/C=C/c1ccc(OCC(OC)OC)cc1)=C\C=NCC. The second kappa shape index (κ2) is 12.3. The number of aliphatic imine (C=N–C) groups is 1. The number of methoxy groups -OCH3 is 2. The largest absolute Gasteiger partial charge is 0.488 e. The smallest absolute Gasteiger partial charge is 0.191 e. The van der Waals surface area contributed by atoms with Crippen LogP contribution < -0.4 is 4.74 Å². The van der Waals surface area contributed by atoms with Crippen LogP contribution in [-0.2, 0) is 9.47 Å². The molecule has 1 rings (SSSR count). The Balaban J connectivity index is 2.67. The predicted molar refractivity (Wildman–Crippen MR) is 101 cm³/mol. The molecule has 1 aromatic carbocycles. The van der Waals surface area contributed by atoms with Crippen LogP contribution in [0.2, 0.25) is 0 Å². The zero-order chi connectivity index (χ0) is 17.6. The highest BCUT2D eigenvalue weighted by atomic mass is 16.7. The van der Waals surface area contributed by atoms with Gasteiger partial charge in [0.05, 0.1) is 0 Å². The number of nitrogens with zero attached hydrogens (tertiary/aromatic N) is 1. The zero-order valence-electron chi connectivity index (χ0n) is 14.9. The second-order valence-corrected chi connectivity index (χ2v) is 4.93. The maximum atomic E-state index is 5.62. The molecule has 0 N–H and O–H groups in total. The first-order chi connectivity index (χ1) is 11.7. The van der Waals surface area contributed by atoms with Crippen LogP contribution in [-0.4, -0.2) is 39.9 Å². The number of benzene rings is 1. The summed E-state index contributed by atoms with van der Waals surface area (Å²) in [6.07, 6.45) is 11.6. The molecule has 0 atom stereocenters. The Bertz CT molecular complexity index is 567. The van der Waals surface area contributed by atoms with Crippen LogP contribution >= 0.6 is 0 Å². The van der Waals surface area contributed by atoms with Gasteiger partial charge in [-0.15, -0.1) is 0 Å². The molecule has 0 fully saturated rings. The molecular formula is C20H27NO3. The highest BCUT2D eigenvalue weighted by Crippen LogP contribution is 2.15. The summed E-state index contributed by atoms with van der Waals surface area (Å²) in [5.41, 5.74) is 2.19. The van der Waals surface area contributed by atoms with Crippen LogP contribution in [0.25, 0.3) is 6.08 Å². The summed E-state index contributed by atoms with van der Waals surface area (Å²) in [7, 11) is 3.18. The van der Waals surface area contributed by atoms with Crippen molar-refractivity contribution in [3.05, 3.63) is 59.7 Å². The molecule has 0 aliphatic rings. The average Bonchev–Trinajstić information content (AvgIpc) is 2.61. The first-order valence-electron chi connectivity index (χ1n) is 8.02. The van der Waals surface area contributed by atoms with Gasteiger partial charge in [-0.2, -0.15) is 0 Å². The van der Waals surface area contributed by atoms with Gasteiger partial charge in [-0.1, -0.05) is 36.4 Å². The van der Waals surface area contributed by atoms with Gasteiger partial charge in [-0.05, 0) is 43.2 Å². The van der Waals surface area contributed by atoms with E-state index in [0.29, 0.717) is 6.61 Å². The van der Waals surface area contributed by atoms with E-state index in [1.807, 2.05) is 62.6 Å². The molecule has 130 valence electrons. The normalized spacial score (nSPS) is 13.0. The Hall–Kier alpha value is -2.17. The minimum Gasteiger partial charge on any atom is -0.488 e. The topological polar surface area (TPSA) is 40.0 Å². The van der Waals surface area contributed by atoms with Crippen LogP contribution in [0.1, 0.15) is 19.4 Å². The molecule has 4 heteroatoms. The van der Waals surface area contributed by atoms with Crippen molar-refractivity contribution in [3.63, 3.8) is 0 Å². The number of hydrogen-bond acceptors (Lipinski definition) is 4. The molecule has 4 nitrogen and oxygen atoms in total. The van der Waals surface area contributed by atoms with Gasteiger partial charge in [0, 0.05) is 27.0 Å². The summed E-state index contributed by atoms with van der Waals surface area (Å²) in [4.78, 5) is 4.20. The quantitative estimate of drug-likeness (QED) is 0.365. The predicted octanol–water partition coefficient (Wildman–Crippen LogP) is 4.29. The fourth-order valence-electron chi connectivity index (χ4n) is 1.87. The van der Waals surface area contributed by atoms with Crippen LogP contribution in [0.5, 0.6) is 5.75 Å². The number of rotatable bonds is 10. The Labute approximate surface area is 145 Å². The molecule has 0 heterocycles. The van der Waals surface area contributed by atoms with Crippen molar-refractivity contribution in [2.45, 2.75) is 20.1 Å². The average molecular weight is 329 g/mol. The van der Waals surface area contributed by atoms with Gasteiger partial charge in [-0.3, -0.25) is 4.99 Å². The third-order valence-electron chi connectivity index (χ3n) is 3.17. The van der Waals surface area contributed by atoms with Crippen molar-refractivity contribution in [1.82, 2.24) is 0 Å². The van der Waals surface area contributed by atoms with E-state index in [9.17, 15) is 0 Å². The van der Waals surface area contributed by atoms with Crippen LogP contribution in [0.3, 0.4) is 0 Å². The molecule has 0 saturated carbocycles. The van der Waals surface area contributed by atoms with E-state index < -0.39 is 0 Å². The number of hydrogen-bond donors (Lipinski definition) is 0. The van der Waals surface area contributed by atoms with E-state index in [4.69, 9.17) is 14.2 Å². The van der Waals surface area contributed by atoms with Gasteiger partial charge in [0.1, 0.15) is 12.4 Å². The molecule has 0 amide bonds. The van der Waals surface area contributed by atoms with Crippen molar-refractivity contribution in [2.24, 2.45) is 4.99 Å². The summed E-state index contributed by atoms with van der Waals surface area (Å²) in [5.74, 6) is 0.783. The lowest BCUT2D eigenvalue weighted by molar-refractivity contribution is -0.121. The molecule has 1 aromatic rings. The van der Waals surface area contributed by atoms with E-state index in [2.05, 4.69) is 17.1 Å². The standard InChI is InChI=1S/C20H27NO3/c1-5-7-17(14-15-21-6-2)8-9-18-10-12-19(13-11-18)24-16-20(22-3)23-4/h5,7-15,20H,6,16H2,1-4H3/b7-5-,9-8+,17-14+,21-15?. The summed E-state index contributed by atoms with van der Waals surface area (Å²) in [6, 6.07) is 7.88. The van der Waals surface area contributed by atoms with Crippen molar-refractivity contribution >= 4 is 12.3 Å². The van der Waals surface area contributed by atoms with Gasteiger partial charge < -0.3 is 14.2 Å². The first kappa shape index (κ1) is 19.9. The lowest BCUT2D eigenvalue weighted by Crippen LogP contribution is -2.21. The van der Waals surface area contributed by atoms with E-state index in [-0.39, 0.29) is 6.29 Å². The molecule has 0 aromatic heterocycles. The van der Waals surface area contributed by atoms with Crippen molar-refractivity contribution in [3.8, 4) is 5.75 Å². The molecule has 0 aliphatic heterocycles. The number of ether oxygens (including phenoxy) is 3. The Morgan fingerprint density at radius 3 is 2.42 bits per heavy atom. The van der Waals surface area contributed by atoms with Gasteiger partial charge >= 0.3 is 0 Å². The summed E-state index contributed by atoms with van der Waals surface area (Å²) in [5, 5.41) is 0. The highest BCUT2D eigenvalue weighted by molar-refractivity contribution is 5.75. The summed E-state index contributed by atoms with van der Waals surface area (Å²) in [6.45, 7) is 5.16. The monoisotopic (exact) mass is 329 g/mol. The molecule has 0 bridgehead atoms. The summed E-state index contributed by atoms with van der Waals surface area (Å²) < 4.78 is 15.8. The van der Waals surface area contributed by atoms with Crippen molar-refractivity contribution < 1.29 is 14.2 Å². The lowest BCUT2D eigenvalue weighted by atomic mass is 10.1. The van der Waals surface area contributed by atoms with E-state index in [1.165, 1.54) is 0 Å². The zero-order valence-corrected chi connectivity index (χ0v) is 14.9. The van der Waals surface area contributed by atoms with Crippen molar-refractivity contribution in [1.29, 1.82) is 0 Å². The third kappa shape index (κ3) is 7.90. The minimum absolute atomic E-state index is 0.354. The highest BCUT2D eigenvalue weighted by Gasteiger charge is 2.05. The third-order valence-corrected chi connectivity index (χ3v) is 3.17. The maximum absolute atomic E-state index is 5.62. The maximum Gasteiger partial charge on any atom is 0.191 e. The van der Waals surface area contributed by atoms with Gasteiger partial charge in [0.25, 0.3) is 0 Å². The first-order valence-corrected chi connectivity index (χ1v) is 8.02. The molecular weight excluding hydrogens is 302 g/mol. The fourth-order valence-corrected chi connectivity index (χ4v) is 1.87. The summed E-state index contributed by atoms with van der Waals surface area (Å²) >= 11 is 0. The molecule has 0 unspecified atom stereocenters. The van der Waals surface area contributed by atoms with Gasteiger partial charge in [-0.25, -0.2) is 0 Å². The second-order valence-electron chi connectivity index (χ2n) is 4.93. The molecule has 0 spiro atoms. The Morgan fingerprint density at radius 1 is 1.12 bits per heavy atom. The molecule has 0 saturated heterocycles. The molecule has 24 heavy (non-hydrogen) atoms. The van der Waals surface area contributed by atoms with Gasteiger partial charge in [0.2, 0.25) is 0 Å². The molecule has 0 radical (unpaired) electrons. The number of allylic oxidation sites excluding steroid dienone is 5. The van der Waals surface area contributed by atoms with Crippen LogP contribution in [0.4, 0.5) is 0 Å². The van der Waals surface area contributed by atoms with E-state index in [0.717, 1.165) is 23.4 Å². The fraction of sp³-hybridized carbons (Fsp3) is 0.350.